The van der Waals surface area contributed by atoms with Crippen LogP contribution < -0.4 is 5.32 Å². The van der Waals surface area contributed by atoms with Gasteiger partial charge < -0.3 is 10.2 Å². The summed E-state index contributed by atoms with van der Waals surface area (Å²) >= 11 is 0. The van der Waals surface area contributed by atoms with E-state index in [1.807, 2.05) is 37.3 Å². The molecule has 1 amide bonds. The molecule has 1 N–H and O–H groups in total. The van der Waals surface area contributed by atoms with Crippen LogP contribution in [0.25, 0.3) is 0 Å². The predicted octanol–water partition coefficient (Wildman–Crippen LogP) is 2.10. The van der Waals surface area contributed by atoms with Crippen molar-refractivity contribution in [3.63, 3.8) is 0 Å². The van der Waals surface area contributed by atoms with E-state index in [0.717, 1.165) is 17.2 Å². The first-order chi connectivity index (χ1) is 9.56. The topological polar surface area (TPSA) is 58.1 Å². The maximum absolute atomic E-state index is 11.9. The van der Waals surface area contributed by atoms with Crippen molar-refractivity contribution in [2.24, 2.45) is 0 Å². The first-order valence-corrected chi connectivity index (χ1v) is 6.40. The van der Waals surface area contributed by atoms with Crippen LogP contribution in [0.3, 0.4) is 0 Å². The molecular formula is C15H18N4O. The van der Waals surface area contributed by atoms with Crippen molar-refractivity contribution in [2.75, 3.05) is 19.4 Å². The van der Waals surface area contributed by atoms with E-state index in [4.69, 9.17) is 0 Å². The molecule has 0 aliphatic heterocycles. The smallest absolute Gasteiger partial charge is 0.253 e. The molecule has 20 heavy (non-hydrogen) atoms. The zero-order chi connectivity index (χ0) is 14.5. The van der Waals surface area contributed by atoms with Gasteiger partial charge in [-0.3, -0.25) is 4.79 Å². The van der Waals surface area contributed by atoms with Crippen molar-refractivity contribution in [2.45, 2.75) is 13.5 Å². The summed E-state index contributed by atoms with van der Waals surface area (Å²) in [6.07, 6.45) is 1.74. The molecule has 2 rings (SSSR count). The lowest BCUT2D eigenvalue weighted by Crippen LogP contribution is -2.21. The van der Waals surface area contributed by atoms with Crippen LogP contribution in [0.4, 0.5) is 5.69 Å². The van der Waals surface area contributed by atoms with E-state index in [0.29, 0.717) is 12.1 Å². The number of amides is 1. The SMILES string of the molecule is Cc1nccc(CNc2cccc(C(=O)N(C)C)c2)n1. The van der Waals surface area contributed by atoms with Gasteiger partial charge in [0.1, 0.15) is 5.82 Å². The van der Waals surface area contributed by atoms with E-state index in [1.54, 1.807) is 25.2 Å². The van der Waals surface area contributed by atoms with Gasteiger partial charge in [-0.25, -0.2) is 9.97 Å². The monoisotopic (exact) mass is 270 g/mol. The number of nitrogens with one attached hydrogen (secondary N) is 1. The minimum absolute atomic E-state index is 0.00784. The normalized spacial score (nSPS) is 10.2. The molecule has 0 fully saturated rings. The van der Waals surface area contributed by atoms with Gasteiger partial charge in [0.05, 0.1) is 12.2 Å². The number of benzene rings is 1. The molecule has 5 nitrogen and oxygen atoms in total. The van der Waals surface area contributed by atoms with Gasteiger partial charge in [-0.15, -0.1) is 0 Å². The standard InChI is InChI=1S/C15H18N4O/c1-11-16-8-7-14(18-11)10-17-13-6-4-5-12(9-13)15(20)19(2)3/h4-9,17H,10H2,1-3H3. The molecule has 5 heteroatoms. The first kappa shape index (κ1) is 14.0. The maximum atomic E-state index is 11.9. The van der Waals surface area contributed by atoms with E-state index in [-0.39, 0.29) is 5.91 Å². The number of hydrogen-bond donors (Lipinski definition) is 1. The minimum Gasteiger partial charge on any atom is -0.379 e. The molecule has 0 atom stereocenters. The van der Waals surface area contributed by atoms with Crippen LogP contribution in [0.15, 0.2) is 36.5 Å². The number of nitrogens with zero attached hydrogens (tertiary/aromatic N) is 3. The van der Waals surface area contributed by atoms with Gasteiger partial charge in [-0.1, -0.05) is 6.07 Å². The van der Waals surface area contributed by atoms with Crippen LogP contribution in [-0.2, 0) is 6.54 Å². The summed E-state index contributed by atoms with van der Waals surface area (Å²) in [7, 11) is 3.48. The average molecular weight is 270 g/mol. The summed E-state index contributed by atoms with van der Waals surface area (Å²) in [6.45, 7) is 2.46. The Bertz CT molecular complexity index is 610. The highest BCUT2D eigenvalue weighted by Crippen LogP contribution is 2.13. The Balaban J connectivity index is 2.07. The summed E-state index contributed by atoms with van der Waals surface area (Å²) in [5, 5.41) is 3.26. The molecule has 0 aliphatic carbocycles. The number of anilines is 1. The quantitative estimate of drug-likeness (QED) is 0.924. The molecule has 0 bridgehead atoms. The van der Waals surface area contributed by atoms with Crippen LogP contribution in [0.1, 0.15) is 21.9 Å². The predicted molar refractivity (Wildman–Crippen MR) is 78.6 cm³/mol. The molecule has 104 valence electrons. The second-order valence-corrected chi connectivity index (χ2v) is 4.73. The zero-order valence-electron chi connectivity index (χ0n) is 11.9. The van der Waals surface area contributed by atoms with E-state index in [2.05, 4.69) is 15.3 Å². The maximum Gasteiger partial charge on any atom is 0.253 e. The highest BCUT2D eigenvalue weighted by molar-refractivity contribution is 5.94. The number of aromatic nitrogens is 2. The van der Waals surface area contributed by atoms with E-state index >= 15 is 0 Å². The van der Waals surface area contributed by atoms with Gasteiger partial charge >= 0.3 is 0 Å². The molecule has 1 aromatic carbocycles. The van der Waals surface area contributed by atoms with Crippen molar-refractivity contribution < 1.29 is 4.79 Å². The fourth-order valence-electron chi connectivity index (χ4n) is 1.82. The largest absolute Gasteiger partial charge is 0.379 e. The van der Waals surface area contributed by atoms with Crippen LogP contribution >= 0.6 is 0 Å². The molecular weight excluding hydrogens is 252 g/mol. The average Bonchev–Trinajstić information content (AvgIpc) is 2.44. The number of hydrogen-bond acceptors (Lipinski definition) is 4. The summed E-state index contributed by atoms with van der Waals surface area (Å²) in [4.78, 5) is 21.8. The van der Waals surface area contributed by atoms with Crippen LogP contribution in [-0.4, -0.2) is 34.9 Å². The Kier molecular flexibility index (Phi) is 4.30. The number of carbonyl (C=O) groups excluding carboxylic acids is 1. The van der Waals surface area contributed by atoms with Gasteiger partial charge in [0.25, 0.3) is 5.91 Å². The van der Waals surface area contributed by atoms with Gasteiger partial charge in [-0.2, -0.15) is 0 Å². The van der Waals surface area contributed by atoms with Crippen molar-refractivity contribution in [3.8, 4) is 0 Å². The third kappa shape index (κ3) is 3.54. The van der Waals surface area contributed by atoms with Crippen molar-refractivity contribution in [3.05, 3.63) is 53.6 Å². The molecule has 2 aromatic rings. The Morgan fingerprint density at radius 2 is 2.10 bits per heavy atom. The van der Waals surface area contributed by atoms with Crippen LogP contribution in [0, 0.1) is 6.92 Å². The second-order valence-electron chi connectivity index (χ2n) is 4.73. The first-order valence-electron chi connectivity index (χ1n) is 6.40. The van der Waals surface area contributed by atoms with E-state index in [9.17, 15) is 4.79 Å². The molecule has 0 unspecified atom stereocenters. The lowest BCUT2D eigenvalue weighted by molar-refractivity contribution is 0.0827. The van der Waals surface area contributed by atoms with Crippen LogP contribution in [0.2, 0.25) is 0 Å². The van der Waals surface area contributed by atoms with Gasteiger partial charge in [0.2, 0.25) is 0 Å². The second kappa shape index (κ2) is 6.14. The fourth-order valence-corrected chi connectivity index (χ4v) is 1.82. The highest BCUT2D eigenvalue weighted by atomic mass is 16.2. The number of carbonyl (C=O) groups is 1. The van der Waals surface area contributed by atoms with E-state index in [1.165, 1.54) is 0 Å². The molecule has 0 radical (unpaired) electrons. The lowest BCUT2D eigenvalue weighted by Gasteiger charge is -2.12. The van der Waals surface area contributed by atoms with Crippen LogP contribution in [0.5, 0.6) is 0 Å². The molecule has 1 aromatic heterocycles. The van der Waals surface area contributed by atoms with Crippen molar-refractivity contribution in [1.82, 2.24) is 14.9 Å². The molecule has 0 spiro atoms. The number of aryl methyl sites for hydroxylation is 1. The van der Waals surface area contributed by atoms with Gasteiger partial charge in [0.15, 0.2) is 0 Å². The summed E-state index contributed by atoms with van der Waals surface area (Å²) < 4.78 is 0. The molecule has 0 saturated heterocycles. The van der Waals surface area contributed by atoms with E-state index < -0.39 is 0 Å². The summed E-state index contributed by atoms with van der Waals surface area (Å²) in [5.74, 6) is 0.743. The molecule has 1 heterocycles. The number of rotatable bonds is 4. The Labute approximate surface area is 118 Å². The van der Waals surface area contributed by atoms with Gasteiger partial charge in [-0.05, 0) is 31.2 Å². The summed E-state index contributed by atoms with van der Waals surface area (Å²) in [5.41, 5.74) is 2.48. The fraction of sp³-hybridized carbons (Fsp3) is 0.267. The Morgan fingerprint density at radius 3 is 2.80 bits per heavy atom. The Hall–Kier alpha value is -2.43. The summed E-state index contributed by atoms with van der Waals surface area (Å²) in [6, 6.07) is 9.32. The van der Waals surface area contributed by atoms with Crippen molar-refractivity contribution >= 4 is 11.6 Å². The Morgan fingerprint density at radius 1 is 1.30 bits per heavy atom. The third-order valence-electron chi connectivity index (χ3n) is 2.82. The van der Waals surface area contributed by atoms with Gasteiger partial charge in [0, 0.05) is 31.5 Å². The highest BCUT2D eigenvalue weighted by Gasteiger charge is 2.08. The van der Waals surface area contributed by atoms with Crippen molar-refractivity contribution in [1.29, 1.82) is 0 Å². The minimum atomic E-state index is -0.00784. The zero-order valence-corrected chi connectivity index (χ0v) is 11.9. The lowest BCUT2D eigenvalue weighted by atomic mass is 10.2. The molecule has 0 saturated carbocycles. The molecule has 0 aliphatic rings. The third-order valence-corrected chi connectivity index (χ3v) is 2.82.